The molecule has 26 heavy (non-hydrogen) atoms. The Morgan fingerprint density at radius 2 is 2.04 bits per heavy atom. The summed E-state index contributed by atoms with van der Waals surface area (Å²) in [5.41, 5.74) is 3.49. The van der Waals surface area contributed by atoms with Gasteiger partial charge in [0.25, 0.3) is 5.56 Å². The molecule has 0 N–H and O–H groups in total. The van der Waals surface area contributed by atoms with Crippen molar-refractivity contribution < 1.29 is 4.74 Å². The summed E-state index contributed by atoms with van der Waals surface area (Å²) < 4.78 is 8.01. The third kappa shape index (κ3) is 3.96. The molecule has 1 atom stereocenters. The standard InChI is InChI=1S/C22H26N2O2/c1-16(2)6-5-10-22(4)11-7-19-20(26-22)14-17(3)24(21(19)25)15-18-8-12-23-13-9-18/h6-9,11-14H,5,10,15H2,1-4H3/t22-/m1/s1. The molecule has 2 aromatic heterocycles. The normalized spacial score (nSPS) is 18.2. The second kappa shape index (κ2) is 7.32. The van der Waals surface area contributed by atoms with Gasteiger partial charge in [0.2, 0.25) is 0 Å². The molecule has 0 aliphatic carbocycles. The Balaban J connectivity index is 1.88. The maximum Gasteiger partial charge on any atom is 0.262 e. The summed E-state index contributed by atoms with van der Waals surface area (Å²) in [5.74, 6) is 0.681. The lowest BCUT2D eigenvalue weighted by molar-refractivity contribution is 0.128. The molecule has 0 saturated heterocycles. The molecule has 0 spiro atoms. The van der Waals surface area contributed by atoms with E-state index in [9.17, 15) is 4.79 Å². The third-order valence-corrected chi connectivity index (χ3v) is 4.74. The van der Waals surface area contributed by atoms with E-state index in [0.717, 1.165) is 24.1 Å². The van der Waals surface area contributed by atoms with Gasteiger partial charge in [0.05, 0.1) is 12.1 Å². The number of fused-ring (bicyclic) bond motifs is 1. The molecular formula is C22H26N2O2. The molecule has 4 nitrogen and oxygen atoms in total. The Hall–Kier alpha value is -2.62. The van der Waals surface area contributed by atoms with E-state index < -0.39 is 0 Å². The van der Waals surface area contributed by atoms with Crippen LogP contribution in [0.25, 0.3) is 6.08 Å². The van der Waals surface area contributed by atoms with E-state index in [2.05, 4.69) is 31.8 Å². The summed E-state index contributed by atoms with van der Waals surface area (Å²) >= 11 is 0. The first-order valence-corrected chi connectivity index (χ1v) is 9.03. The fourth-order valence-electron chi connectivity index (χ4n) is 3.19. The van der Waals surface area contributed by atoms with Crippen LogP contribution < -0.4 is 10.3 Å². The minimum absolute atomic E-state index is 0.0144. The van der Waals surface area contributed by atoms with Gasteiger partial charge in [-0.1, -0.05) is 11.6 Å². The fraction of sp³-hybridized carbons (Fsp3) is 0.364. The fourth-order valence-corrected chi connectivity index (χ4v) is 3.19. The average Bonchev–Trinajstić information content (AvgIpc) is 2.59. The van der Waals surface area contributed by atoms with Gasteiger partial charge in [-0.25, -0.2) is 0 Å². The first-order chi connectivity index (χ1) is 12.4. The number of pyridine rings is 2. The SMILES string of the molecule is CC(C)=CCC[C@]1(C)C=Cc2c(cc(C)n(Cc3ccncc3)c2=O)O1. The molecule has 3 heterocycles. The molecule has 1 aliphatic heterocycles. The maximum atomic E-state index is 13.0. The third-order valence-electron chi connectivity index (χ3n) is 4.74. The second-order valence-corrected chi connectivity index (χ2v) is 7.38. The van der Waals surface area contributed by atoms with Crippen LogP contribution in [0.2, 0.25) is 0 Å². The summed E-state index contributed by atoms with van der Waals surface area (Å²) in [4.78, 5) is 17.0. The summed E-state index contributed by atoms with van der Waals surface area (Å²) in [5, 5.41) is 0. The summed E-state index contributed by atoms with van der Waals surface area (Å²) in [7, 11) is 0. The molecule has 0 amide bonds. The molecule has 0 unspecified atom stereocenters. The Bertz CT molecular complexity index is 906. The highest BCUT2D eigenvalue weighted by molar-refractivity contribution is 5.60. The smallest absolute Gasteiger partial charge is 0.262 e. The van der Waals surface area contributed by atoms with Crippen LogP contribution in [0.4, 0.5) is 0 Å². The van der Waals surface area contributed by atoms with E-state index in [1.54, 1.807) is 17.0 Å². The van der Waals surface area contributed by atoms with Crippen molar-refractivity contribution in [2.24, 2.45) is 0 Å². The van der Waals surface area contributed by atoms with Gasteiger partial charge in [-0.05, 0) is 70.4 Å². The Labute approximate surface area is 154 Å². The van der Waals surface area contributed by atoms with E-state index in [1.807, 2.05) is 37.3 Å². The van der Waals surface area contributed by atoms with Gasteiger partial charge >= 0.3 is 0 Å². The monoisotopic (exact) mass is 350 g/mol. The highest BCUT2D eigenvalue weighted by atomic mass is 16.5. The minimum Gasteiger partial charge on any atom is -0.483 e. The van der Waals surface area contributed by atoms with E-state index in [-0.39, 0.29) is 11.2 Å². The molecule has 2 aromatic rings. The van der Waals surface area contributed by atoms with Crippen molar-refractivity contribution in [1.82, 2.24) is 9.55 Å². The van der Waals surface area contributed by atoms with Gasteiger partial charge in [-0.2, -0.15) is 0 Å². The average molecular weight is 350 g/mol. The van der Waals surface area contributed by atoms with Crippen molar-refractivity contribution in [3.05, 3.63) is 75.5 Å². The summed E-state index contributed by atoms with van der Waals surface area (Å²) in [6, 6.07) is 5.83. The molecule has 0 aromatic carbocycles. The predicted octanol–water partition coefficient (Wildman–Crippen LogP) is 4.51. The Kier molecular flexibility index (Phi) is 5.12. The van der Waals surface area contributed by atoms with Gasteiger partial charge in [0, 0.05) is 24.2 Å². The Morgan fingerprint density at radius 3 is 2.73 bits per heavy atom. The molecule has 0 saturated carbocycles. The van der Waals surface area contributed by atoms with Gasteiger partial charge in [-0.15, -0.1) is 0 Å². The van der Waals surface area contributed by atoms with E-state index in [1.165, 1.54) is 5.57 Å². The molecule has 4 heteroatoms. The van der Waals surface area contributed by atoms with Crippen LogP contribution in [-0.2, 0) is 6.54 Å². The van der Waals surface area contributed by atoms with Crippen molar-refractivity contribution in [2.45, 2.75) is 52.7 Å². The predicted molar refractivity (Wildman–Crippen MR) is 106 cm³/mol. The lowest BCUT2D eigenvalue weighted by Gasteiger charge is -2.32. The Morgan fingerprint density at radius 1 is 1.31 bits per heavy atom. The van der Waals surface area contributed by atoms with Gasteiger partial charge in [0.15, 0.2) is 0 Å². The van der Waals surface area contributed by atoms with Crippen LogP contribution in [0.15, 0.2) is 53.1 Å². The zero-order chi connectivity index (χ0) is 18.7. The highest BCUT2D eigenvalue weighted by Gasteiger charge is 2.28. The number of allylic oxidation sites excluding steroid dienone is 2. The minimum atomic E-state index is -0.380. The van der Waals surface area contributed by atoms with Crippen LogP contribution in [-0.4, -0.2) is 15.2 Å². The van der Waals surface area contributed by atoms with Crippen molar-refractivity contribution in [2.75, 3.05) is 0 Å². The van der Waals surface area contributed by atoms with Crippen LogP contribution in [0.5, 0.6) is 5.75 Å². The lowest BCUT2D eigenvalue weighted by atomic mass is 9.95. The quantitative estimate of drug-likeness (QED) is 0.745. The van der Waals surface area contributed by atoms with E-state index in [4.69, 9.17) is 4.74 Å². The number of aryl methyl sites for hydroxylation is 1. The van der Waals surface area contributed by atoms with Gasteiger partial charge < -0.3 is 9.30 Å². The first kappa shape index (κ1) is 18.2. The largest absolute Gasteiger partial charge is 0.483 e. The number of hydrogen-bond acceptors (Lipinski definition) is 3. The van der Waals surface area contributed by atoms with Crippen molar-refractivity contribution in [1.29, 1.82) is 0 Å². The van der Waals surface area contributed by atoms with Crippen molar-refractivity contribution in [3.8, 4) is 5.75 Å². The van der Waals surface area contributed by atoms with Crippen molar-refractivity contribution >= 4 is 6.08 Å². The first-order valence-electron chi connectivity index (χ1n) is 9.03. The van der Waals surface area contributed by atoms with Gasteiger partial charge in [-0.3, -0.25) is 9.78 Å². The molecule has 136 valence electrons. The molecule has 0 fully saturated rings. The molecular weight excluding hydrogens is 324 g/mol. The second-order valence-electron chi connectivity index (χ2n) is 7.38. The zero-order valence-electron chi connectivity index (χ0n) is 16.0. The molecule has 3 rings (SSSR count). The van der Waals surface area contributed by atoms with E-state index in [0.29, 0.717) is 17.9 Å². The van der Waals surface area contributed by atoms with Crippen LogP contribution in [0, 0.1) is 6.92 Å². The van der Waals surface area contributed by atoms with E-state index >= 15 is 0 Å². The molecule has 0 bridgehead atoms. The summed E-state index contributed by atoms with van der Waals surface area (Å²) in [6.45, 7) is 8.76. The summed E-state index contributed by atoms with van der Waals surface area (Å²) in [6.07, 6.45) is 11.5. The highest BCUT2D eigenvalue weighted by Crippen LogP contribution is 2.32. The lowest BCUT2D eigenvalue weighted by Crippen LogP contribution is -2.35. The molecule has 1 aliphatic rings. The number of rotatable bonds is 5. The van der Waals surface area contributed by atoms with Gasteiger partial charge in [0.1, 0.15) is 11.4 Å². The number of aromatic nitrogens is 2. The van der Waals surface area contributed by atoms with Crippen LogP contribution in [0.1, 0.15) is 50.4 Å². The number of ether oxygens (including phenoxy) is 1. The number of hydrogen-bond donors (Lipinski definition) is 0. The van der Waals surface area contributed by atoms with Crippen LogP contribution in [0.3, 0.4) is 0 Å². The molecule has 0 radical (unpaired) electrons. The maximum absolute atomic E-state index is 13.0. The zero-order valence-corrected chi connectivity index (χ0v) is 16.0. The number of nitrogens with zero attached hydrogens (tertiary/aromatic N) is 2. The van der Waals surface area contributed by atoms with Crippen molar-refractivity contribution in [3.63, 3.8) is 0 Å². The van der Waals surface area contributed by atoms with Crippen LogP contribution >= 0.6 is 0 Å². The topological polar surface area (TPSA) is 44.1 Å².